The molecule has 1 saturated carbocycles. The van der Waals surface area contributed by atoms with Gasteiger partial charge in [0.1, 0.15) is 0 Å². The second kappa shape index (κ2) is 6.67. The summed E-state index contributed by atoms with van der Waals surface area (Å²) in [6.07, 6.45) is 7.03. The van der Waals surface area contributed by atoms with E-state index >= 15 is 0 Å². The van der Waals surface area contributed by atoms with Gasteiger partial charge in [0.05, 0.1) is 18.0 Å². The molecule has 0 atom stereocenters. The molecule has 1 aromatic carbocycles. The summed E-state index contributed by atoms with van der Waals surface area (Å²) in [5, 5.41) is 11.3. The monoisotopic (exact) mass is 329 g/mol. The normalized spacial score (nSPS) is 24.2. The lowest BCUT2D eigenvalue weighted by molar-refractivity contribution is 0.0918. The highest BCUT2D eigenvalue weighted by Gasteiger charge is 2.33. The number of nitrogens with zero attached hydrogens (tertiary/aromatic N) is 2. The Hall–Kier alpha value is -1.94. The Morgan fingerprint density at radius 2 is 2.04 bits per heavy atom. The van der Waals surface area contributed by atoms with Crippen molar-refractivity contribution in [1.29, 1.82) is 0 Å². The maximum Gasteiger partial charge on any atom is 0.253 e. The summed E-state index contributed by atoms with van der Waals surface area (Å²) in [7, 11) is 0. The summed E-state index contributed by atoms with van der Waals surface area (Å²) >= 11 is 6.12. The molecule has 1 aliphatic carbocycles. The fourth-order valence-electron chi connectivity index (χ4n) is 3.25. The molecule has 2 aromatic rings. The number of carbonyl (C=O) groups is 1. The maximum atomic E-state index is 12.2. The van der Waals surface area contributed by atoms with Gasteiger partial charge < -0.3 is 5.32 Å². The largest absolute Gasteiger partial charge is 0.349 e. The van der Waals surface area contributed by atoms with Gasteiger partial charge in [0, 0.05) is 11.1 Å². The van der Waals surface area contributed by atoms with Gasteiger partial charge in [-0.1, -0.05) is 30.7 Å². The first-order valence-corrected chi connectivity index (χ1v) is 8.28. The lowest BCUT2D eigenvalue weighted by Gasteiger charge is -2.38. The molecule has 0 spiro atoms. The van der Waals surface area contributed by atoms with E-state index in [1.165, 1.54) is 18.0 Å². The molecule has 120 valence electrons. The van der Waals surface area contributed by atoms with Crippen LogP contribution in [0.5, 0.6) is 0 Å². The van der Waals surface area contributed by atoms with Crippen LogP contribution in [0.1, 0.15) is 48.5 Å². The smallest absolute Gasteiger partial charge is 0.253 e. The molecule has 1 aromatic heterocycles. The summed E-state index contributed by atoms with van der Waals surface area (Å²) in [4.78, 5) is 12.2. The van der Waals surface area contributed by atoms with Crippen LogP contribution >= 0.6 is 11.6 Å². The van der Waals surface area contributed by atoms with E-state index in [9.17, 15) is 4.79 Å². The Labute approximate surface area is 141 Å². The number of halogens is 1. The van der Waals surface area contributed by atoms with Gasteiger partial charge >= 0.3 is 0 Å². The third kappa shape index (κ3) is 3.70. The van der Waals surface area contributed by atoms with Crippen molar-refractivity contribution < 1.29 is 4.79 Å². The van der Waals surface area contributed by atoms with Crippen LogP contribution in [0.4, 0.5) is 0 Å². The second-order valence-electron chi connectivity index (χ2n) is 6.45. The van der Waals surface area contributed by atoms with Gasteiger partial charge in [-0.3, -0.25) is 4.79 Å². The first kappa shape index (κ1) is 15.9. The van der Waals surface area contributed by atoms with Gasteiger partial charge in [-0.2, -0.15) is 10.2 Å². The van der Waals surface area contributed by atoms with Gasteiger partial charge in [0.15, 0.2) is 0 Å². The lowest BCUT2D eigenvalue weighted by Crippen LogP contribution is -2.41. The van der Waals surface area contributed by atoms with Gasteiger partial charge in [-0.15, -0.1) is 0 Å². The molecule has 4 nitrogen and oxygen atoms in total. The van der Waals surface area contributed by atoms with Crippen molar-refractivity contribution in [3.8, 4) is 0 Å². The molecule has 1 fully saturated rings. The molecule has 5 heteroatoms. The van der Waals surface area contributed by atoms with Crippen LogP contribution in [0, 0.1) is 0 Å². The number of hydrogen-bond donors (Lipinski definition) is 1. The molecule has 0 aliphatic heterocycles. The van der Waals surface area contributed by atoms with Crippen LogP contribution in [0.3, 0.4) is 0 Å². The third-order valence-corrected chi connectivity index (χ3v) is 5.03. The Morgan fingerprint density at radius 3 is 2.70 bits per heavy atom. The van der Waals surface area contributed by atoms with Crippen LogP contribution in [0.15, 0.2) is 42.7 Å². The van der Waals surface area contributed by atoms with E-state index in [2.05, 4.69) is 34.6 Å². The molecule has 1 amide bonds. The van der Waals surface area contributed by atoms with Gasteiger partial charge in [-0.25, -0.2) is 0 Å². The zero-order valence-corrected chi connectivity index (χ0v) is 13.9. The highest BCUT2D eigenvalue weighted by molar-refractivity contribution is 6.30. The number of carbonyl (C=O) groups excluding carboxylic acids is 1. The quantitative estimate of drug-likeness (QED) is 0.932. The number of amides is 1. The summed E-state index contributed by atoms with van der Waals surface area (Å²) in [5.74, 6) is -0.0729. The van der Waals surface area contributed by atoms with E-state index in [1.54, 1.807) is 6.07 Å². The van der Waals surface area contributed by atoms with E-state index in [4.69, 9.17) is 11.6 Å². The van der Waals surface area contributed by atoms with Gasteiger partial charge in [-0.05, 0) is 54.9 Å². The molecule has 1 aliphatic rings. The highest BCUT2D eigenvalue weighted by Crippen LogP contribution is 2.39. The zero-order valence-electron chi connectivity index (χ0n) is 13.1. The Bertz CT molecular complexity index is 682. The fourth-order valence-corrected chi connectivity index (χ4v) is 3.44. The van der Waals surface area contributed by atoms with Crippen LogP contribution in [-0.2, 0) is 5.41 Å². The van der Waals surface area contributed by atoms with E-state index in [0.29, 0.717) is 5.56 Å². The van der Waals surface area contributed by atoms with E-state index in [0.717, 1.165) is 30.7 Å². The van der Waals surface area contributed by atoms with E-state index in [-0.39, 0.29) is 17.4 Å². The van der Waals surface area contributed by atoms with Crippen molar-refractivity contribution in [3.63, 3.8) is 0 Å². The van der Waals surface area contributed by atoms with Gasteiger partial charge in [0.2, 0.25) is 0 Å². The molecule has 0 saturated heterocycles. The van der Waals surface area contributed by atoms with Crippen LogP contribution < -0.4 is 5.32 Å². The minimum absolute atomic E-state index is 0.0729. The average molecular weight is 330 g/mol. The average Bonchev–Trinajstić information content (AvgIpc) is 2.58. The molecule has 0 bridgehead atoms. The lowest BCUT2D eigenvalue weighted by atomic mass is 9.69. The Balaban J connectivity index is 1.61. The summed E-state index contributed by atoms with van der Waals surface area (Å²) in [5.41, 5.74) is 1.97. The molecule has 23 heavy (non-hydrogen) atoms. The zero-order chi connectivity index (χ0) is 16.3. The predicted molar refractivity (Wildman–Crippen MR) is 90.6 cm³/mol. The number of nitrogens with one attached hydrogen (secondary N) is 1. The minimum Gasteiger partial charge on any atom is -0.349 e. The number of benzene rings is 1. The maximum absolute atomic E-state index is 12.2. The van der Waals surface area contributed by atoms with E-state index < -0.39 is 0 Å². The van der Waals surface area contributed by atoms with Gasteiger partial charge in [0.25, 0.3) is 5.91 Å². The standard InChI is InChI=1S/C18H20ClN3O/c1-18(14-3-2-4-15(19)11-14)8-5-16(6-9-18)22-17(23)13-7-10-20-21-12-13/h2-4,7,10-12,16H,5-6,8-9H2,1H3,(H,22,23). The van der Waals surface area contributed by atoms with Crippen molar-refractivity contribution in [2.75, 3.05) is 0 Å². The molecule has 0 radical (unpaired) electrons. The SMILES string of the molecule is CC1(c2cccc(Cl)c2)CCC(NC(=O)c2ccnnc2)CC1. The summed E-state index contributed by atoms with van der Waals surface area (Å²) in [6.45, 7) is 2.28. The Kier molecular flexibility index (Phi) is 4.62. The first-order valence-electron chi connectivity index (χ1n) is 7.90. The summed E-state index contributed by atoms with van der Waals surface area (Å²) < 4.78 is 0. The van der Waals surface area contributed by atoms with Crippen LogP contribution in [0.25, 0.3) is 0 Å². The first-order chi connectivity index (χ1) is 11.1. The molecule has 1 heterocycles. The predicted octanol–water partition coefficient (Wildman–Crippen LogP) is 3.76. The number of hydrogen-bond acceptors (Lipinski definition) is 3. The number of aromatic nitrogens is 2. The van der Waals surface area contributed by atoms with Crippen molar-refractivity contribution in [2.24, 2.45) is 0 Å². The molecule has 3 rings (SSSR count). The molecular formula is C18H20ClN3O. The topological polar surface area (TPSA) is 54.9 Å². The highest BCUT2D eigenvalue weighted by atomic mass is 35.5. The molecule has 0 unspecified atom stereocenters. The van der Waals surface area contributed by atoms with Crippen molar-refractivity contribution in [1.82, 2.24) is 15.5 Å². The summed E-state index contributed by atoms with van der Waals surface area (Å²) in [6, 6.07) is 10.0. The van der Waals surface area contributed by atoms with Crippen molar-refractivity contribution >= 4 is 17.5 Å². The third-order valence-electron chi connectivity index (χ3n) is 4.79. The minimum atomic E-state index is -0.0729. The van der Waals surface area contributed by atoms with Crippen LogP contribution in [0.2, 0.25) is 5.02 Å². The Morgan fingerprint density at radius 1 is 1.26 bits per heavy atom. The fraction of sp³-hybridized carbons (Fsp3) is 0.389. The van der Waals surface area contributed by atoms with Crippen LogP contribution in [-0.4, -0.2) is 22.1 Å². The van der Waals surface area contributed by atoms with E-state index in [1.807, 2.05) is 12.1 Å². The number of rotatable bonds is 3. The van der Waals surface area contributed by atoms with Crippen molar-refractivity contribution in [3.05, 3.63) is 58.9 Å². The van der Waals surface area contributed by atoms with Crippen molar-refractivity contribution in [2.45, 2.75) is 44.1 Å². The molecule has 1 N–H and O–H groups in total. The second-order valence-corrected chi connectivity index (χ2v) is 6.89. The molecular weight excluding hydrogens is 310 g/mol.